The summed E-state index contributed by atoms with van der Waals surface area (Å²) in [5.41, 5.74) is 2.01. The number of rotatable bonds is 3. The number of hydrogen-bond acceptors (Lipinski definition) is 6. The first-order chi connectivity index (χ1) is 12.6. The zero-order valence-electron chi connectivity index (χ0n) is 15.3. The lowest BCUT2D eigenvalue weighted by atomic mass is 10.1. The lowest BCUT2D eigenvalue weighted by Gasteiger charge is -2.36. The van der Waals surface area contributed by atoms with Gasteiger partial charge in [-0.2, -0.15) is 5.10 Å². The molecule has 4 heterocycles. The van der Waals surface area contributed by atoms with E-state index in [4.69, 9.17) is 4.74 Å². The van der Waals surface area contributed by atoms with Crippen LogP contribution in [0.15, 0.2) is 18.5 Å². The molecule has 2 aliphatic rings. The van der Waals surface area contributed by atoms with Crippen LogP contribution in [0.5, 0.6) is 0 Å². The molecule has 1 atom stereocenters. The highest BCUT2D eigenvalue weighted by Gasteiger charge is 2.30. The molecule has 0 spiro atoms. The zero-order chi connectivity index (χ0) is 18.1. The molecule has 2 aliphatic heterocycles. The van der Waals surface area contributed by atoms with Gasteiger partial charge < -0.3 is 14.5 Å². The molecule has 0 N–H and O–H groups in total. The van der Waals surface area contributed by atoms with Crippen LogP contribution in [0.25, 0.3) is 5.82 Å². The summed E-state index contributed by atoms with van der Waals surface area (Å²) >= 11 is 0. The van der Waals surface area contributed by atoms with Crippen molar-refractivity contribution in [3.63, 3.8) is 0 Å². The summed E-state index contributed by atoms with van der Waals surface area (Å²) in [6, 6.07) is 3.99. The Morgan fingerprint density at radius 3 is 2.54 bits per heavy atom. The van der Waals surface area contributed by atoms with Crippen molar-refractivity contribution in [1.29, 1.82) is 0 Å². The third kappa shape index (κ3) is 3.29. The summed E-state index contributed by atoms with van der Waals surface area (Å²) in [6.07, 6.45) is 2.42. The van der Waals surface area contributed by atoms with Crippen LogP contribution in [-0.4, -0.2) is 69.9 Å². The minimum Gasteiger partial charge on any atom is -0.381 e. The van der Waals surface area contributed by atoms with Gasteiger partial charge in [-0.05, 0) is 26.3 Å². The molecule has 1 amide bonds. The molecule has 8 nitrogen and oxygen atoms in total. The van der Waals surface area contributed by atoms with E-state index in [1.807, 2.05) is 35.6 Å². The smallest absolute Gasteiger partial charge is 0.228 e. The molecule has 2 fully saturated rings. The van der Waals surface area contributed by atoms with E-state index in [-0.39, 0.29) is 11.8 Å². The summed E-state index contributed by atoms with van der Waals surface area (Å²) < 4.78 is 7.18. The van der Waals surface area contributed by atoms with Gasteiger partial charge in [-0.15, -0.1) is 0 Å². The van der Waals surface area contributed by atoms with Crippen LogP contribution in [0.1, 0.15) is 17.8 Å². The molecule has 2 aromatic rings. The lowest BCUT2D eigenvalue weighted by Crippen LogP contribution is -2.50. The van der Waals surface area contributed by atoms with Gasteiger partial charge in [0.15, 0.2) is 5.82 Å². The fourth-order valence-corrected chi connectivity index (χ4v) is 3.63. The van der Waals surface area contributed by atoms with Gasteiger partial charge in [0.2, 0.25) is 5.91 Å². The normalized spacial score (nSPS) is 20.6. The van der Waals surface area contributed by atoms with Gasteiger partial charge in [0.25, 0.3) is 0 Å². The maximum Gasteiger partial charge on any atom is 0.228 e. The van der Waals surface area contributed by atoms with Gasteiger partial charge in [0, 0.05) is 44.5 Å². The largest absolute Gasteiger partial charge is 0.381 e. The Labute approximate surface area is 152 Å². The fraction of sp³-hybridized carbons (Fsp3) is 0.556. The number of piperazine rings is 1. The van der Waals surface area contributed by atoms with Crippen LogP contribution in [0.2, 0.25) is 0 Å². The molecular weight excluding hydrogens is 332 g/mol. The molecule has 1 unspecified atom stereocenters. The summed E-state index contributed by atoms with van der Waals surface area (Å²) in [5, 5.41) is 4.49. The van der Waals surface area contributed by atoms with Gasteiger partial charge in [0.05, 0.1) is 18.2 Å². The van der Waals surface area contributed by atoms with E-state index in [9.17, 15) is 4.79 Å². The Bertz CT molecular complexity index is 791. The summed E-state index contributed by atoms with van der Waals surface area (Å²) in [5.74, 6) is 1.91. The lowest BCUT2D eigenvalue weighted by molar-refractivity contribution is -0.135. The number of amides is 1. The molecule has 138 valence electrons. The Kier molecular flexibility index (Phi) is 4.58. The molecule has 26 heavy (non-hydrogen) atoms. The molecule has 0 aliphatic carbocycles. The predicted octanol–water partition coefficient (Wildman–Crippen LogP) is 0.964. The standard InChI is InChI=1S/C18H24N6O2/c1-13-9-14(2)24(21-13)17-10-16(19-12-20-17)22-4-6-23(7-5-22)18(25)15-3-8-26-11-15/h9-10,12,15H,3-8,11H2,1-2H3. The second-order valence-corrected chi connectivity index (χ2v) is 6.95. The average Bonchev–Trinajstić information content (AvgIpc) is 3.31. The van der Waals surface area contributed by atoms with E-state index in [1.54, 1.807) is 6.33 Å². The number of carbonyl (C=O) groups excluding carboxylic acids is 1. The Morgan fingerprint density at radius 1 is 1.12 bits per heavy atom. The predicted molar refractivity (Wildman–Crippen MR) is 96.3 cm³/mol. The summed E-state index contributed by atoms with van der Waals surface area (Å²) in [6.45, 7) is 8.22. The Morgan fingerprint density at radius 2 is 1.88 bits per heavy atom. The van der Waals surface area contributed by atoms with Crippen LogP contribution in [0, 0.1) is 19.8 Å². The van der Waals surface area contributed by atoms with E-state index >= 15 is 0 Å². The Hall–Kier alpha value is -2.48. The highest BCUT2D eigenvalue weighted by Crippen LogP contribution is 2.20. The second-order valence-electron chi connectivity index (χ2n) is 6.95. The number of ether oxygens (including phenoxy) is 1. The first kappa shape index (κ1) is 17.0. The average molecular weight is 356 g/mol. The van der Waals surface area contributed by atoms with E-state index in [0.29, 0.717) is 26.3 Å². The number of nitrogens with zero attached hydrogens (tertiary/aromatic N) is 6. The van der Waals surface area contributed by atoms with Crippen LogP contribution < -0.4 is 4.90 Å². The Balaban J connectivity index is 1.44. The molecule has 8 heteroatoms. The first-order valence-corrected chi connectivity index (χ1v) is 9.09. The first-order valence-electron chi connectivity index (χ1n) is 9.09. The van der Waals surface area contributed by atoms with Gasteiger partial charge >= 0.3 is 0 Å². The zero-order valence-corrected chi connectivity index (χ0v) is 15.3. The maximum atomic E-state index is 12.5. The van der Waals surface area contributed by atoms with E-state index in [2.05, 4.69) is 20.0 Å². The van der Waals surface area contributed by atoms with Crippen molar-refractivity contribution >= 4 is 11.7 Å². The van der Waals surface area contributed by atoms with Gasteiger partial charge in [-0.1, -0.05) is 0 Å². The van der Waals surface area contributed by atoms with Crippen molar-refractivity contribution in [1.82, 2.24) is 24.6 Å². The minimum absolute atomic E-state index is 0.0400. The number of aryl methyl sites for hydroxylation is 2. The van der Waals surface area contributed by atoms with Crippen molar-refractivity contribution in [2.24, 2.45) is 5.92 Å². The monoisotopic (exact) mass is 356 g/mol. The van der Waals surface area contributed by atoms with Gasteiger partial charge in [-0.3, -0.25) is 4.79 Å². The van der Waals surface area contributed by atoms with Crippen molar-refractivity contribution in [3.05, 3.63) is 29.8 Å². The molecule has 0 bridgehead atoms. The number of anilines is 1. The van der Waals surface area contributed by atoms with Gasteiger partial charge in [0.1, 0.15) is 12.1 Å². The van der Waals surface area contributed by atoms with Crippen LogP contribution in [0.3, 0.4) is 0 Å². The fourth-order valence-electron chi connectivity index (χ4n) is 3.63. The summed E-state index contributed by atoms with van der Waals surface area (Å²) in [4.78, 5) is 25.5. The SMILES string of the molecule is Cc1cc(C)n(-c2cc(N3CCN(C(=O)C4CCOC4)CC3)ncn2)n1. The number of hydrogen-bond donors (Lipinski definition) is 0. The third-order valence-electron chi connectivity index (χ3n) is 5.06. The quantitative estimate of drug-likeness (QED) is 0.815. The molecule has 0 radical (unpaired) electrons. The molecule has 2 aromatic heterocycles. The van der Waals surface area contributed by atoms with E-state index < -0.39 is 0 Å². The highest BCUT2D eigenvalue weighted by atomic mass is 16.5. The van der Waals surface area contributed by atoms with Crippen molar-refractivity contribution in [2.45, 2.75) is 20.3 Å². The van der Waals surface area contributed by atoms with Crippen LogP contribution in [-0.2, 0) is 9.53 Å². The third-order valence-corrected chi connectivity index (χ3v) is 5.06. The maximum absolute atomic E-state index is 12.5. The minimum atomic E-state index is 0.0400. The highest BCUT2D eigenvalue weighted by molar-refractivity contribution is 5.79. The van der Waals surface area contributed by atoms with Crippen molar-refractivity contribution in [2.75, 3.05) is 44.3 Å². The number of carbonyl (C=O) groups is 1. The summed E-state index contributed by atoms with van der Waals surface area (Å²) in [7, 11) is 0. The van der Waals surface area contributed by atoms with E-state index in [0.717, 1.165) is 42.5 Å². The number of aromatic nitrogens is 4. The molecule has 0 saturated carbocycles. The van der Waals surface area contributed by atoms with Crippen LogP contribution >= 0.6 is 0 Å². The molecule has 2 saturated heterocycles. The van der Waals surface area contributed by atoms with Gasteiger partial charge in [-0.25, -0.2) is 14.6 Å². The van der Waals surface area contributed by atoms with Crippen LogP contribution in [0.4, 0.5) is 5.82 Å². The van der Waals surface area contributed by atoms with Crippen molar-refractivity contribution < 1.29 is 9.53 Å². The molecule has 4 rings (SSSR count). The second kappa shape index (κ2) is 7.03. The topological polar surface area (TPSA) is 76.4 Å². The van der Waals surface area contributed by atoms with E-state index in [1.165, 1.54) is 0 Å². The van der Waals surface area contributed by atoms with Crippen molar-refractivity contribution in [3.8, 4) is 5.82 Å². The molecule has 0 aromatic carbocycles. The molecular formula is C18H24N6O2.